The summed E-state index contributed by atoms with van der Waals surface area (Å²) in [4.78, 5) is 33.5. The van der Waals surface area contributed by atoms with Crippen LogP contribution in [0.4, 0.5) is 0 Å². The van der Waals surface area contributed by atoms with Gasteiger partial charge in [0, 0.05) is 6.42 Å². The van der Waals surface area contributed by atoms with E-state index in [0.29, 0.717) is 12.0 Å². The van der Waals surface area contributed by atoms with E-state index in [4.69, 9.17) is 0 Å². The van der Waals surface area contributed by atoms with Crippen LogP contribution in [0.1, 0.15) is 69.9 Å². The van der Waals surface area contributed by atoms with Crippen LogP contribution in [0.3, 0.4) is 0 Å². The summed E-state index contributed by atoms with van der Waals surface area (Å²) in [5.41, 5.74) is 0.698. The maximum atomic E-state index is 12.1. The third-order valence-electron chi connectivity index (χ3n) is 3.94. The molecule has 9 heteroatoms. The molecular weight excluding hydrogens is 387 g/mol. The van der Waals surface area contributed by atoms with Crippen LogP contribution >= 0.6 is 7.82 Å². The number of hydrogen-bond acceptors (Lipinski definition) is 5. The van der Waals surface area contributed by atoms with Gasteiger partial charge < -0.3 is 24.2 Å². The third kappa shape index (κ3) is 16.3. The number of unbranched alkanes of at least 4 members (excludes halogenated alkanes) is 6. The number of nitrogens with one attached hydrogen (secondary N) is 1. The molecule has 1 rings (SSSR count). The van der Waals surface area contributed by atoms with E-state index in [1.54, 1.807) is 24.3 Å². The molecule has 6 nitrogen and oxygen atoms in total. The average Bonchev–Trinajstić information content (AvgIpc) is 2.58. The Morgan fingerprint density at radius 3 is 2.15 bits per heavy atom. The summed E-state index contributed by atoms with van der Waals surface area (Å²) in [6.45, 7) is 1.78. The van der Waals surface area contributed by atoms with Gasteiger partial charge in [0.15, 0.2) is 0 Å². The molecule has 0 bridgehead atoms. The minimum Gasteiger partial charge on any atom is -0.790 e. The monoisotopic (exact) mass is 415 g/mol. The Bertz CT molecular complexity index is 542. The van der Waals surface area contributed by atoms with E-state index in [2.05, 4.69) is 16.8 Å². The van der Waals surface area contributed by atoms with Gasteiger partial charge in [-0.1, -0.05) is 75.8 Å². The maximum Gasteiger partial charge on any atom is 1.00 e. The largest absolute Gasteiger partial charge is 1.00 e. The number of benzene rings is 1. The molecule has 0 heterocycles. The first kappa shape index (κ1) is 30.0. The SMILES string of the molecule is CCCCCCCCCC(=O)N[C@@H](COP(=O)([O-])[O-])c1ccccc1.[Na+].[Na+]. The first-order valence-electron chi connectivity index (χ1n) is 8.93. The van der Waals surface area contributed by atoms with Gasteiger partial charge in [-0.15, -0.1) is 0 Å². The molecule has 0 spiro atoms. The summed E-state index contributed by atoms with van der Waals surface area (Å²) >= 11 is 0. The number of carbonyl (C=O) groups is 1. The third-order valence-corrected chi connectivity index (χ3v) is 4.41. The molecule has 0 aliphatic carbocycles. The van der Waals surface area contributed by atoms with Crippen LogP contribution < -0.4 is 74.2 Å². The second-order valence-corrected chi connectivity index (χ2v) is 7.30. The number of phosphoric ester groups is 1. The van der Waals surface area contributed by atoms with Crippen LogP contribution in [-0.4, -0.2) is 12.5 Å². The second kappa shape index (κ2) is 17.6. The summed E-state index contributed by atoms with van der Waals surface area (Å²) in [6, 6.07) is 8.21. The summed E-state index contributed by atoms with van der Waals surface area (Å²) in [7, 11) is -5.07. The number of hydrogen-bond donors (Lipinski definition) is 1. The van der Waals surface area contributed by atoms with Crippen LogP contribution in [0, 0.1) is 0 Å². The van der Waals surface area contributed by atoms with E-state index < -0.39 is 20.5 Å². The van der Waals surface area contributed by atoms with Gasteiger partial charge in [0.1, 0.15) is 0 Å². The smallest absolute Gasteiger partial charge is 0.790 e. The van der Waals surface area contributed by atoms with Crippen LogP contribution in [-0.2, 0) is 13.9 Å². The fourth-order valence-corrected chi connectivity index (χ4v) is 2.91. The van der Waals surface area contributed by atoms with Gasteiger partial charge in [0.25, 0.3) is 0 Å². The molecule has 142 valence electrons. The molecule has 0 aromatic heterocycles. The molecule has 0 saturated heterocycles. The van der Waals surface area contributed by atoms with Gasteiger partial charge in [0.2, 0.25) is 5.91 Å². The normalized spacial score (nSPS) is 11.8. The molecule has 0 fully saturated rings. The average molecular weight is 415 g/mol. The molecule has 0 aliphatic rings. The van der Waals surface area contributed by atoms with Crippen LogP contribution in [0.2, 0.25) is 0 Å². The summed E-state index contributed by atoms with van der Waals surface area (Å²) < 4.78 is 15.1. The van der Waals surface area contributed by atoms with Crippen molar-refractivity contribution in [1.82, 2.24) is 5.32 Å². The van der Waals surface area contributed by atoms with Crippen molar-refractivity contribution >= 4 is 13.7 Å². The first-order chi connectivity index (χ1) is 11.9. The topological polar surface area (TPSA) is 102 Å². The predicted molar refractivity (Wildman–Crippen MR) is 93.5 cm³/mol. The van der Waals surface area contributed by atoms with Crippen molar-refractivity contribution in [2.45, 2.75) is 64.3 Å². The van der Waals surface area contributed by atoms with E-state index in [-0.39, 0.29) is 65.0 Å². The Balaban J connectivity index is 0. The van der Waals surface area contributed by atoms with Crippen LogP contribution in [0.15, 0.2) is 30.3 Å². The number of phosphoric acid groups is 1. The van der Waals surface area contributed by atoms with Crippen molar-refractivity contribution in [3.05, 3.63) is 35.9 Å². The van der Waals surface area contributed by atoms with Gasteiger partial charge >= 0.3 is 59.1 Å². The van der Waals surface area contributed by atoms with Crippen molar-refractivity contribution in [3.63, 3.8) is 0 Å². The number of rotatable bonds is 13. The Hall–Kier alpha value is 0.800. The first-order valence-corrected chi connectivity index (χ1v) is 10.4. The van der Waals surface area contributed by atoms with Gasteiger partial charge in [-0.2, -0.15) is 0 Å². The Morgan fingerprint density at radius 1 is 1.04 bits per heavy atom. The molecular formula is C18H28NNa2O5P. The molecule has 0 saturated carbocycles. The summed E-state index contributed by atoms with van der Waals surface area (Å²) in [5, 5.41) is 2.75. The number of amides is 1. The molecule has 1 N–H and O–H groups in total. The van der Waals surface area contributed by atoms with Crippen LogP contribution in [0.25, 0.3) is 0 Å². The minimum absolute atomic E-state index is 0. The van der Waals surface area contributed by atoms with E-state index >= 15 is 0 Å². The molecule has 0 aliphatic heterocycles. The predicted octanol–water partition coefficient (Wildman–Crippen LogP) is -3.16. The van der Waals surface area contributed by atoms with Gasteiger partial charge in [-0.05, 0) is 12.0 Å². The van der Waals surface area contributed by atoms with Gasteiger partial charge in [0.05, 0.1) is 20.5 Å². The zero-order valence-corrected chi connectivity index (χ0v) is 21.7. The van der Waals surface area contributed by atoms with Crippen LogP contribution in [0.5, 0.6) is 0 Å². The molecule has 0 unspecified atom stereocenters. The number of carbonyl (C=O) groups excluding carboxylic acids is 1. The molecule has 1 amide bonds. The Labute approximate surface area is 207 Å². The fraction of sp³-hybridized carbons (Fsp3) is 0.611. The van der Waals surface area contributed by atoms with Gasteiger partial charge in [-0.25, -0.2) is 0 Å². The Morgan fingerprint density at radius 2 is 1.59 bits per heavy atom. The van der Waals surface area contributed by atoms with Crippen molar-refractivity contribution in [3.8, 4) is 0 Å². The fourth-order valence-electron chi connectivity index (χ4n) is 2.58. The van der Waals surface area contributed by atoms with E-state index in [9.17, 15) is 19.1 Å². The van der Waals surface area contributed by atoms with E-state index in [0.717, 1.165) is 19.3 Å². The maximum absolute atomic E-state index is 12.1. The van der Waals surface area contributed by atoms with Crippen molar-refractivity contribution in [1.29, 1.82) is 0 Å². The summed E-state index contributed by atoms with van der Waals surface area (Å²) in [6.07, 6.45) is 8.19. The Kier molecular flexibility index (Phi) is 19.6. The minimum atomic E-state index is -5.07. The second-order valence-electron chi connectivity index (χ2n) is 6.15. The van der Waals surface area contributed by atoms with Crippen molar-refractivity contribution in [2.75, 3.05) is 6.61 Å². The van der Waals surface area contributed by atoms with Crippen molar-refractivity contribution < 1.29 is 82.8 Å². The molecule has 1 aromatic rings. The molecule has 1 atom stereocenters. The van der Waals surface area contributed by atoms with Crippen molar-refractivity contribution in [2.24, 2.45) is 0 Å². The standard InChI is InChI=1S/C18H30NO5P.2Na/c1-2-3-4-5-6-7-11-14-18(20)19-17(15-24-25(21,22)23)16-12-9-8-10-13-16;;/h8-10,12-13,17H,2-7,11,14-15H2,1H3,(H,19,20)(H2,21,22,23);;/q;2*+1/p-2/t17-;;/m0../s1. The van der Waals surface area contributed by atoms with E-state index in [1.165, 1.54) is 25.7 Å². The van der Waals surface area contributed by atoms with E-state index in [1.807, 2.05) is 6.07 Å². The molecule has 27 heavy (non-hydrogen) atoms. The zero-order valence-electron chi connectivity index (χ0n) is 16.8. The van der Waals surface area contributed by atoms with Gasteiger partial charge in [-0.3, -0.25) is 4.79 Å². The zero-order chi connectivity index (χ0) is 18.5. The molecule has 0 radical (unpaired) electrons. The quantitative estimate of drug-likeness (QED) is 0.208. The summed E-state index contributed by atoms with van der Waals surface area (Å²) in [5.74, 6) is -0.169. The molecule has 1 aromatic carbocycles.